The number of hydrogen-bond acceptors (Lipinski definition) is 4. The highest BCUT2D eigenvalue weighted by atomic mass is 16.3. The highest BCUT2D eigenvalue weighted by Crippen LogP contribution is 2.17. The van der Waals surface area contributed by atoms with Gasteiger partial charge in [-0.2, -0.15) is 0 Å². The zero-order chi connectivity index (χ0) is 18.2. The first-order valence-corrected chi connectivity index (χ1v) is 8.07. The smallest absolute Gasteiger partial charge is 0.332 e. The van der Waals surface area contributed by atoms with Gasteiger partial charge in [0.05, 0.1) is 30.3 Å². The maximum atomic E-state index is 12.9. The molecule has 0 N–H and O–H groups in total. The second-order valence-corrected chi connectivity index (χ2v) is 7.03. The molecule has 1 aromatic carbocycles. The third kappa shape index (κ3) is 3.20. The van der Waals surface area contributed by atoms with Crippen molar-refractivity contribution >= 4 is 16.7 Å². The minimum Gasteiger partial charge on any atom is -0.467 e. The number of Topliss-reactive ketones (excluding diaryl/α,β-unsaturated/α-hetero) is 1. The Bertz CT molecular complexity index is 1030. The van der Waals surface area contributed by atoms with E-state index in [1.807, 2.05) is 0 Å². The molecular weight excluding hydrogens is 320 g/mol. The first kappa shape index (κ1) is 17.0. The van der Waals surface area contributed by atoms with Crippen LogP contribution in [0.4, 0.5) is 0 Å². The summed E-state index contributed by atoms with van der Waals surface area (Å²) in [7, 11) is 0. The number of benzene rings is 1. The van der Waals surface area contributed by atoms with E-state index in [0.29, 0.717) is 16.7 Å². The number of nitrogens with zero attached hydrogens (tertiary/aromatic N) is 2. The Kier molecular flexibility index (Phi) is 4.20. The number of ketones is 1. The van der Waals surface area contributed by atoms with Crippen LogP contribution in [-0.2, 0) is 17.9 Å². The molecule has 0 radical (unpaired) electrons. The summed E-state index contributed by atoms with van der Waals surface area (Å²) in [6.07, 6.45) is 1.49. The molecule has 3 rings (SSSR count). The second-order valence-electron chi connectivity index (χ2n) is 7.03. The van der Waals surface area contributed by atoms with Crippen molar-refractivity contribution in [2.24, 2.45) is 5.41 Å². The lowest BCUT2D eigenvalue weighted by atomic mass is 9.91. The lowest BCUT2D eigenvalue weighted by molar-refractivity contribution is -0.126. The van der Waals surface area contributed by atoms with Crippen LogP contribution in [0.25, 0.3) is 10.9 Å². The fraction of sp³-hybridized carbons (Fsp3) is 0.316. The molecule has 0 aliphatic rings. The number of para-hydroxylation sites is 1. The molecule has 0 amide bonds. The summed E-state index contributed by atoms with van der Waals surface area (Å²) in [4.78, 5) is 38.1. The van der Waals surface area contributed by atoms with Gasteiger partial charge in [0, 0.05) is 5.41 Å². The number of aromatic nitrogens is 2. The molecule has 0 atom stereocenters. The van der Waals surface area contributed by atoms with Crippen LogP contribution in [0, 0.1) is 5.41 Å². The van der Waals surface area contributed by atoms with E-state index < -0.39 is 16.7 Å². The topological polar surface area (TPSA) is 74.2 Å². The fourth-order valence-electron chi connectivity index (χ4n) is 2.60. The van der Waals surface area contributed by atoms with Gasteiger partial charge in [-0.25, -0.2) is 4.79 Å². The Balaban J connectivity index is 2.23. The van der Waals surface area contributed by atoms with Gasteiger partial charge in [0.2, 0.25) is 0 Å². The summed E-state index contributed by atoms with van der Waals surface area (Å²) < 4.78 is 7.74. The molecule has 2 heterocycles. The minimum atomic E-state index is -0.581. The molecule has 0 bridgehead atoms. The van der Waals surface area contributed by atoms with E-state index in [1.54, 1.807) is 57.2 Å². The Hall–Kier alpha value is -2.89. The van der Waals surface area contributed by atoms with Crippen molar-refractivity contribution < 1.29 is 9.21 Å². The third-order valence-electron chi connectivity index (χ3n) is 4.16. The lowest BCUT2D eigenvalue weighted by Crippen LogP contribution is -2.42. The zero-order valence-corrected chi connectivity index (χ0v) is 14.5. The molecule has 0 spiro atoms. The van der Waals surface area contributed by atoms with Crippen LogP contribution in [-0.4, -0.2) is 14.9 Å². The Morgan fingerprint density at radius 3 is 2.40 bits per heavy atom. The Morgan fingerprint density at radius 2 is 1.76 bits per heavy atom. The summed E-state index contributed by atoms with van der Waals surface area (Å²) >= 11 is 0. The predicted molar refractivity (Wildman–Crippen MR) is 94.7 cm³/mol. The molecule has 6 heteroatoms. The summed E-state index contributed by atoms with van der Waals surface area (Å²) in [6.45, 7) is 5.37. The average Bonchev–Trinajstić information content (AvgIpc) is 3.07. The average molecular weight is 340 g/mol. The lowest BCUT2D eigenvalue weighted by Gasteiger charge is -2.19. The molecule has 3 aromatic rings. The predicted octanol–water partition coefficient (Wildman–Crippen LogP) is 2.42. The SMILES string of the molecule is CC(C)(C)C(=O)Cn1c(=O)n(Cc2ccco2)c(=O)c2ccccc21. The van der Waals surface area contributed by atoms with E-state index in [9.17, 15) is 14.4 Å². The van der Waals surface area contributed by atoms with Gasteiger partial charge < -0.3 is 4.42 Å². The second kappa shape index (κ2) is 6.20. The largest absolute Gasteiger partial charge is 0.467 e. The van der Waals surface area contributed by atoms with Gasteiger partial charge in [0.1, 0.15) is 5.76 Å². The fourth-order valence-corrected chi connectivity index (χ4v) is 2.60. The van der Waals surface area contributed by atoms with Crippen molar-refractivity contribution in [3.8, 4) is 0 Å². The molecule has 130 valence electrons. The summed E-state index contributed by atoms with van der Waals surface area (Å²) in [6, 6.07) is 10.2. The number of rotatable bonds is 4. The number of fused-ring (bicyclic) bond motifs is 1. The highest BCUT2D eigenvalue weighted by molar-refractivity contribution is 5.85. The van der Waals surface area contributed by atoms with Crippen molar-refractivity contribution in [1.29, 1.82) is 0 Å². The van der Waals surface area contributed by atoms with E-state index in [0.717, 1.165) is 4.57 Å². The van der Waals surface area contributed by atoms with Gasteiger partial charge in [-0.15, -0.1) is 0 Å². The summed E-state index contributed by atoms with van der Waals surface area (Å²) in [5.41, 5.74) is -1.03. The van der Waals surface area contributed by atoms with Crippen LogP contribution >= 0.6 is 0 Å². The number of hydrogen-bond donors (Lipinski definition) is 0. The molecule has 0 saturated carbocycles. The number of carbonyl (C=O) groups excluding carboxylic acids is 1. The third-order valence-corrected chi connectivity index (χ3v) is 4.16. The van der Waals surface area contributed by atoms with Gasteiger partial charge in [-0.05, 0) is 24.3 Å². The van der Waals surface area contributed by atoms with Gasteiger partial charge in [0.25, 0.3) is 5.56 Å². The van der Waals surface area contributed by atoms with Crippen LogP contribution in [0.3, 0.4) is 0 Å². The maximum Gasteiger partial charge on any atom is 0.332 e. The van der Waals surface area contributed by atoms with Gasteiger partial charge >= 0.3 is 5.69 Å². The molecule has 25 heavy (non-hydrogen) atoms. The normalized spacial score (nSPS) is 11.8. The van der Waals surface area contributed by atoms with Crippen molar-refractivity contribution in [2.45, 2.75) is 33.9 Å². The van der Waals surface area contributed by atoms with Gasteiger partial charge in [-0.3, -0.25) is 18.7 Å². The van der Waals surface area contributed by atoms with E-state index >= 15 is 0 Å². The minimum absolute atomic E-state index is 0.0270. The molecule has 0 unspecified atom stereocenters. The zero-order valence-electron chi connectivity index (χ0n) is 14.5. The molecule has 0 aliphatic heterocycles. The van der Waals surface area contributed by atoms with Crippen LogP contribution in [0.1, 0.15) is 26.5 Å². The van der Waals surface area contributed by atoms with Crippen molar-refractivity contribution in [1.82, 2.24) is 9.13 Å². The molecular formula is C19H20N2O4. The molecule has 0 aliphatic carbocycles. The van der Waals surface area contributed by atoms with Crippen LogP contribution in [0.15, 0.2) is 56.7 Å². The van der Waals surface area contributed by atoms with E-state index in [-0.39, 0.29) is 18.9 Å². The van der Waals surface area contributed by atoms with Crippen molar-refractivity contribution in [2.75, 3.05) is 0 Å². The Morgan fingerprint density at radius 1 is 1.04 bits per heavy atom. The first-order chi connectivity index (χ1) is 11.8. The van der Waals surface area contributed by atoms with E-state index in [2.05, 4.69) is 0 Å². The summed E-state index contributed by atoms with van der Waals surface area (Å²) in [5.74, 6) is 0.422. The maximum absolute atomic E-state index is 12.9. The highest BCUT2D eigenvalue weighted by Gasteiger charge is 2.24. The summed E-state index contributed by atoms with van der Waals surface area (Å²) in [5, 5.41) is 0.398. The van der Waals surface area contributed by atoms with Crippen molar-refractivity contribution in [3.05, 3.63) is 69.3 Å². The molecule has 0 saturated heterocycles. The van der Waals surface area contributed by atoms with Gasteiger partial charge in [-0.1, -0.05) is 32.9 Å². The molecule has 2 aromatic heterocycles. The quantitative estimate of drug-likeness (QED) is 0.731. The number of carbonyl (C=O) groups is 1. The number of furan rings is 1. The van der Waals surface area contributed by atoms with Gasteiger partial charge in [0.15, 0.2) is 5.78 Å². The monoisotopic (exact) mass is 340 g/mol. The van der Waals surface area contributed by atoms with E-state index in [4.69, 9.17) is 4.42 Å². The Labute approximate surface area is 144 Å². The van der Waals surface area contributed by atoms with Crippen molar-refractivity contribution in [3.63, 3.8) is 0 Å². The standard InChI is InChI=1S/C19H20N2O4/c1-19(2,3)16(22)12-20-15-9-5-4-8-14(15)17(23)21(18(20)24)11-13-7-6-10-25-13/h4-10H,11-12H2,1-3H3. The van der Waals surface area contributed by atoms with E-state index in [1.165, 1.54) is 10.8 Å². The van der Waals surface area contributed by atoms with Crippen LogP contribution in [0.5, 0.6) is 0 Å². The molecule has 0 fully saturated rings. The van der Waals surface area contributed by atoms with Crippen LogP contribution < -0.4 is 11.2 Å². The van der Waals surface area contributed by atoms with Crippen LogP contribution in [0.2, 0.25) is 0 Å². The molecule has 6 nitrogen and oxygen atoms in total. The first-order valence-electron chi connectivity index (χ1n) is 8.07.